The molecular weight excluding hydrogens is 402 g/mol. The SMILES string of the molecule is CNC(=O)NC(CO)C(=O)N[C@H]1[C@H](O)[C@@H](O)[C@H](n2ccc(N)nc2=O)C[C@@H]1C(N)=O. The van der Waals surface area contributed by atoms with Crippen molar-refractivity contribution in [1.29, 1.82) is 0 Å². The first-order valence-corrected chi connectivity index (χ1v) is 9.00. The van der Waals surface area contributed by atoms with Gasteiger partial charge in [0.1, 0.15) is 24.1 Å². The Morgan fingerprint density at radius 2 is 2.00 bits per heavy atom. The molecule has 0 aromatic carbocycles. The number of carbonyl (C=O) groups is 3. The molecule has 2 rings (SSSR count). The molecule has 4 amide bonds. The molecule has 14 heteroatoms. The van der Waals surface area contributed by atoms with E-state index in [2.05, 4.69) is 20.9 Å². The lowest BCUT2D eigenvalue weighted by molar-refractivity contribution is -0.137. The molecular formula is C16H25N7O7. The van der Waals surface area contributed by atoms with Crippen LogP contribution in [-0.2, 0) is 9.59 Å². The summed E-state index contributed by atoms with van der Waals surface area (Å²) in [4.78, 5) is 51.5. The van der Waals surface area contributed by atoms with Crippen molar-refractivity contribution in [3.63, 3.8) is 0 Å². The molecule has 0 aliphatic heterocycles. The van der Waals surface area contributed by atoms with Crippen molar-refractivity contribution in [3.05, 3.63) is 22.7 Å². The summed E-state index contributed by atoms with van der Waals surface area (Å²) >= 11 is 0. The second kappa shape index (κ2) is 9.51. The number of anilines is 1. The summed E-state index contributed by atoms with van der Waals surface area (Å²) < 4.78 is 1.02. The van der Waals surface area contributed by atoms with Gasteiger partial charge in [-0.1, -0.05) is 0 Å². The highest BCUT2D eigenvalue weighted by Crippen LogP contribution is 2.33. The Kier molecular flexibility index (Phi) is 7.31. The van der Waals surface area contributed by atoms with Crippen LogP contribution in [0.25, 0.3) is 0 Å². The summed E-state index contributed by atoms with van der Waals surface area (Å²) in [7, 11) is 1.31. The average molecular weight is 427 g/mol. The molecule has 166 valence electrons. The zero-order valence-electron chi connectivity index (χ0n) is 16.1. The summed E-state index contributed by atoms with van der Waals surface area (Å²) in [5.41, 5.74) is 10.1. The van der Waals surface area contributed by atoms with E-state index in [0.717, 1.165) is 4.57 Å². The number of rotatable bonds is 6. The van der Waals surface area contributed by atoms with Crippen LogP contribution in [0.4, 0.5) is 10.6 Å². The number of primary amides is 1. The van der Waals surface area contributed by atoms with Crippen LogP contribution in [0, 0.1) is 5.92 Å². The molecule has 0 bridgehead atoms. The van der Waals surface area contributed by atoms with Gasteiger partial charge in [0, 0.05) is 13.2 Å². The lowest BCUT2D eigenvalue weighted by atomic mass is 9.77. The minimum absolute atomic E-state index is 0.0441. The van der Waals surface area contributed by atoms with Crippen molar-refractivity contribution in [2.75, 3.05) is 19.4 Å². The van der Waals surface area contributed by atoms with Gasteiger partial charge in [-0.25, -0.2) is 9.59 Å². The number of nitrogens with one attached hydrogen (secondary N) is 3. The highest BCUT2D eigenvalue weighted by atomic mass is 16.3. The highest BCUT2D eigenvalue weighted by Gasteiger charge is 2.47. The third-order valence-corrected chi connectivity index (χ3v) is 4.96. The molecule has 30 heavy (non-hydrogen) atoms. The van der Waals surface area contributed by atoms with E-state index < -0.39 is 66.4 Å². The van der Waals surface area contributed by atoms with E-state index in [4.69, 9.17) is 11.5 Å². The smallest absolute Gasteiger partial charge is 0.349 e. The van der Waals surface area contributed by atoms with E-state index in [1.807, 2.05) is 0 Å². The summed E-state index contributed by atoms with van der Waals surface area (Å²) in [5, 5.41) is 37.2. The van der Waals surface area contributed by atoms with Crippen LogP contribution < -0.4 is 33.1 Å². The molecule has 1 aliphatic rings. The Morgan fingerprint density at radius 1 is 1.33 bits per heavy atom. The Bertz CT molecular complexity index is 861. The average Bonchev–Trinajstić information content (AvgIpc) is 2.69. The number of carbonyl (C=O) groups excluding carboxylic acids is 3. The van der Waals surface area contributed by atoms with Crippen LogP contribution in [0.15, 0.2) is 17.1 Å². The monoisotopic (exact) mass is 427 g/mol. The molecule has 1 saturated carbocycles. The fourth-order valence-corrected chi connectivity index (χ4v) is 3.35. The zero-order chi connectivity index (χ0) is 22.6. The number of urea groups is 1. The molecule has 0 radical (unpaired) electrons. The van der Waals surface area contributed by atoms with Crippen LogP contribution in [0.1, 0.15) is 12.5 Å². The number of hydrogen-bond donors (Lipinski definition) is 8. The molecule has 1 unspecified atom stereocenters. The van der Waals surface area contributed by atoms with E-state index in [1.54, 1.807) is 0 Å². The van der Waals surface area contributed by atoms with Gasteiger partial charge in [-0.15, -0.1) is 0 Å². The number of nitrogens with two attached hydrogens (primary N) is 2. The van der Waals surface area contributed by atoms with Crippen molar-refractivity contribution < 1.29 is 29.7 Å². The molecule has 14 nitrogen and oxygen atoms in total. The molecule has 0 spiro atoms. The van der Waals surface area contributed by atoms with Gasteiger partial charge in [-0.3, -0.25) is 14.2 Å². The fraction of sp³-hybridized carbons (Fsp3) is 0.562. The second-order valence-corrected chi connectivity index (χ2v) is 6.83. The number of amides is 4. The molecule has 10 N–H and O–H groups in total. The third kappa shape index (κ3) is 4.84. The quantitative estimate of drug-likeness (QED) is 0.218. The van der Waals surface area contributed by atoms with Gasteiger partial charge in [-0.2, -0.15) is 4.98 Å². The number of aliphatic hydroxyl groups excluding tert-OH is 3. The summed E-state index contributed by atoms with van der Waals surface area (Å²) in [5.74, 6) is -3.03. The third-order valence-electron chi connectivity index (χ3n) is 4.96. The van der Waals surface area contributed by atoms with Crippen LogP contribution >= 0.6 is 0 Å². The maximum absolute atomic E-state index is 12.4. The first kappa shape index (κ1) is 23.1. The predicted molar refractivity (Wildman–Crippen MR) is 102 cm³/mol. The molecule has 1 aromatic heterocycles. The normalized spacial score (nSPS) is 27.0. The standard InChI is InChI=1S/C16H25N7O7/c1-19-15(29)20-7(5-24)14(28)22-10-6(13(18)27)4-8(11(25)12(10)26)23-3-2-9(17)21-16(23)30/h2-3,6-8,10-12,24-26H,4-5H2,1H3,(H2,18,27)(H,22,28)(H2,17,21,30)(H2,19,20,29)/t6-,7?,8+,10+,11-,12-/m0/s1. The fourth-order valence-electron chi connectivity index (χ4n) is 3.35. The van der Waals surface area contributed by atoms with Crippen LogP contribution in [-0.4, -0.2) is 80.7 Å². The zero-order valence-corrected chi connectivity index (χ0v) is 16.1. The maximum Gasteiger partial charge on any atom is 0.349 e. The van der Waals surface area contributed by atoms with E-state index in [1.165, 1.54) is 19.3 Å². The maximum atomic E-state index is 12.4. The lowest BCUT2D eigenvalue weighted by Gasteiger charge is -2.42. The van der Waals surface area contributed by atoms with E-state index in [9.17, 15) is 34.5 Å². The van der Waals surface area contributed by atoms with Gasteiger partial charge in [0.25, 0.3) is 0 Å². The topological polar surface area (TPSA) is 235 Å². The van der Waals surface area contributed by atoms with Crippen LogP contribution in [0.2, 0.25) is 0 Å². The first-order chi connectivity index (χ1) is 14.1. The molecule has 6 atom stereocenters. The van der Waals surface area contributed by atoms with E-state index in [0.29, 0.717) is 0 Å². The number of aliphatic hydroxyl groups is 3. The first-order valence-electron chi connectivity index (χ1n) is 9.00. The number of aromatic nitrogens is 2. The lowest BCUT2D eigenvalue weighted by Crippen LogP contribution is -2.64. The van der Waals surface area contributed by atoms with Gasteiger partial charge in [-0.05, 0) is 12.5 Å². The van der Waals surface area contributed by atoms with Gasteiger partial charge in [0.15, 0.2) is 0 Å². The minimum atomic E-state index is -1.70. The Hall–Kier alpha value is -3.23. The summed E-state index contributed by atoms with van der Waals surface area (Å²) in [6.45, 7) is -0.763. The summed E-state index contributed by atoms with van der Waals surface area (Å²) in [6.07, 6.45) is -2.21. The second-order valence-electron chi connectivity index (χ2n) is 6.83. The van der Waals surface area contributed by atoms with Gasteiger partial charge in [0.2, 0.25) is 11.8 Å². The molecule has 1 fully saturated rings. The van der Waals surface area contributed by atoms with Crippen molar-refractivity contribution in [2.45, 2.75) is 36.8 Å². The van der Waals surface area contributed by atoms with Crippen molar-refractivity contribution in [1.82, 2.24) is 25.5 Å². The minimum Gasteiger partial charge on any atom is -0.394 e. The van der Waals surface area contributed by atoms with Crippen molar-refractivity contribution in [2.24, 2.45) is 11.7 Å². The molecule has 1 heterocycles. The van der Waals surface area contributed by atoms with E-state index >= 15 is 0 Å². The number of hydrogen-bond acceptors (Lipinski definition) is 9. The number of nitrogens with zero attached hydrogens (tertiary/aromatic N) is 2. The largest absolute Gasteiger partial charge is 0.394 e. The van der Waals surface area contributed by atoms with Crippen LogP contribution in [0.5, 0.6) is 0 Å². The Labute approximate surface area is 170 Å². The number of nitrogen functional groups attached to an aromatic ring is 1. The van der Waals surface area contributed by atoms with Gasteiger partial charge < -0.3 is 42.7 Å². The molecule has 0 saturated heterocycles. The predicted octanol–water partition coefficient (Wildman–Crippen LogP) is -4.63. The van der Waals surface area contributed by atoms with Gasteiger partial charge >= 0.3 is 11.7 Å². The summed E-state index contributed by atoms with van der Waals surface area (Å²) in [6, 6.07) is -3.22. The Morgan fingerprint density at radius 3 is 2.53 bits per heavy atom. The van der Waals surface area contributed by atoms with Crippen molar-refractivity contribution >= 4 is 23.7 Å². The van der Waals surface area contributed by atoms with Crippen LogP contribution in [0.3, 0.4) is 0 Å². The Balaban J connectivity index is 2.27. The molecule has 1 aromatic rings. The molecule has 1 aliphatic carbocycles. The van der Waals surface area contributed by atoms with E-state index in [-0.39, 0.29) is 12.2 Å². The van der Waals surface area contributed by atoms with Crippen molar-refractivity contribution in [3.8, 4) is 0 Å². The van der Waals surface area contributed by atoms with Gasteiger partial charge in [0.05, 0.1) is 24.6 Å². The highest BCUT2D eigenvalue weighted by molar-refractivity contribution is 5.88.